The third-order valence-electron chi connectivity index (χ3n) is 4.14. The lowest BCUT2D eigenvalue weighted by Crippen LogP contribution is -2.28. The number of halogens is 1. The van der Waals surface area contributed by atoms with Gasteiger partial charge in [0.1, 0.15) is 11.6 Å². The van der Waals surface area contributed by atoms with E-state index in [-0.39, 0.29) is 6.61 Å². The third-order valence-corrected chi connectivity index (χ3v) is 4.14. The van der Waals surface area contributed by atoms with Crippen molar-refractivity contribution < 1.29 is 23.5 Å². The second-order valence-corrected chi connectivity index (χ2v) is 6.33. The SMILES string of the molecule is Cc1ccccc1OCC(=O)O[C@H](C(=O)Nc1ccc(F)cc1)c1ccccc1. The fraction of sp³-hybridized carbons (Fsp3) is 0.130. The van der Waals surface area contributed by atoms with Crippen molar-refractivity contribution in [3.05, 3.63) is 95.8 Å². The molecule has 0 saturated carbocycles. The topological polar surface area (TPSA) is 64.6 Å². The summed E-state index contributed by atoms with van der Waals surface area (Å²) in [7, 11) is 0. The fourth-order valence-electron chi connectivity index (χ4n) is 2.66. The highest BCUT2D eigenvalue weighted by molar-refractivity contribution is 5.96. The molecule has 0 aliphatic heterocycles. The molecule has 3 rings (SSSR count). The number of esters is 1. The Bertz CT molecular complexity index is 974. The van der Waals surface area contributed by atoms with Crippen LogP contribution in [0.2, 0.25) is 0 Å². The van der Waals surface area contributed by atoms with Gasteiger partial charge in [-0.25, -0.2) is 9.18 Å². The van der Waals surface area contributed by atoms with Crippen molar-refractivity contribution in [2.24, 2.45) is 0 Å². The number of ether oxygens (including phenoxy) is 2. The third kappa shape index (κ3) is 5.65. The molecule has 0 aromatic heterocycles. The molecule has 0 unspecified atom stereocenters. The molecular weight excluding hydrogens is 373 g/mol. The Morgan fingerprint density at radius 1 is 0.931 bits per heavy atom. The molecule has 0 aliphatic carbocycles. The lowest BCUT2D eigenvalue weighted by molar-refractivity contribution is -0.156. The van der Waals surface area contributed by atoms with E-state index in [1.807, 2.05) is 19.1 Å². The second-order valence-electron chi connectivity index (χ2n) is 6.33. The van der Waals surface area contributed by atoms with Crippen molar-refractivity contribution in [1.29, 1.82) is 0 Å². The molecule has 29 heavy (non-hydrogen) atoms. The highest BCUT2D eigenvalue weighted by atomic mass is 19.1. The van der Waals surface area contributed by atoms with Crippen molar-refractivity contribution >= 4 is 17.6 Å². The summed E-state index contributed by atoms with van der Waals surface area (Å²) in [5.41, 5.74) is 1.79. The summed E-state index contributed by atoms with van der Waals surface area (Å²) in [6.45, 7) is 1.53. The molecular formula is C23H20FNO4. The van der Waals surface area contributed by atoms with Crippen LogP contribution >= 0.6 is 0 Å². The van der Waals surface area contributed by atoms with Gasteiger partial charge in [0.2, 0.25) is 6.10 Å². The Morgan fingerprint density at radius 2 is 1.59 bits per heavy atom. The number of hydrogen-bond donors (Lipinski definition) is 1. The van der Waals surface area contributed by atoms with E-state index in [0.29, 0.717) is 17.0 Å². The largest absolute Gasteiger partial charge is 0.482 e. The molecule has 6 heteroatoms. The summed E-state index contributed by atoms with van der Waals surface area (Å²) in [6, 6.07) is 21.2. The minimum absolute atomic E-state index is 0.335. The van der Waals surface area contributed by atoms with E-state index >= 15 is 0 Å². The van der Waals surface area contributed by atoms with Gasteiger partial charge in [-0.2, -0.15) is 0 Å². The number of rotatable bonds is 7. The molecule has 3 aromatic rings. The van der Waals surface area contributed by atoms with Crippen LogP contribution in [0.3, 0.4) is 0 Å². The first kappa shape index (κ1) is 20.1. The molecule has 0 fully saturated rings. The van der Waals surface area contributed by atoms with Gasteiger partial charge in [-0.1, -0.05) is 48.5 Å². The Balaban J connectivity index is 1.70. The maximum atomic E-state index is 13.1. The number of para-hydroxylation sites is 1. The number of carbonyl (C=O) groups is 2. The van der Waals surface area contributed by atoms with Gasteiger partial charge < -0.3 is 14.8 Å². The van der Waals surface area contributed by atoms with Crippen molar-refractivity contribution in [2.75, 3.05) is 11.9 Å². The number of hydrogen-bond acceptors (Lipinski definition) is 4. The van der Waals surface area contributed by atoms with Gasteiger partial charge in [-0.3, -0.25) is 4.79 Å². The molecule has 1 atom stereocenters. The van der Waals surface area contributed by atoms with E-state index in [4.69, 9.17) is 9.47 Å². The summed E-state index contributed by atoms with van der Waals surface area (Å²) in [5, 5.41) is 2.63. The Labute approximate surface area is 168 Å². The van der Waals surface area contributed by atoms with Crippen LogP contribution in [0.25, 0.3) is 0 Å². The zero-order chi connectivity index (χ0) is 20.6. The molecule has 5 nitrogen and oxygen atoms in total. The van der Waals surface area contributed by atoms with Crippen LogP contribution in [0.4, 0.5) is 10.1 Å². The maximum Gasteiger partial charge on any atom is 0.345 e. The molecule has 3 aromatic carbocycles. The zero-order valence-electron chi connectivity index (χ0n) is 15.8. The standard InChI is InChI=1S/C23H20FNO4/c1-16-7-5-6-10-20(16)28-15-21(26)29-22(17-8-3-2-4-9-17)23(27)25-19-13-11-18(24)12-14-19/h2-14,22H,15H2,1H3,(H,25,27)/t22-/m0/s1. The molecule has 0 spiro atoms. The molecule has 0 radical (unpaired) electrons. The monoisotopic (exact) mass is 393 g/mol. The highest BCUT2D eigenvalue weighted by Crippen LogP contribution is 2.21. The smallest absolute Gasteiger partial charge is 0.345 e. The van der Waals surface area contributed by atoms with E-state index in [9.17, 15) is 14.0 Å². The molecule has 0 heterocycles. The first-order valence-electron chi connectivity index (χ1n) is 9.02. The van der Waals surface area contributed by atoms with Crippen LogP contribution in [0.1, 0.15) is 17.2 Å². The normalized spacial score (nSPS) is 11.4. The lowest BCUT2D eigenvalue weighted by Gasteiger charge is -2.18. The van der Waals surface area contributed by atoms with E-state index in [0.717, 1.165) is 5.56 Å². The van der Waals surface area contributed by atoms with Crippen LogP contribution in [0, 0.1) is 12.7 Å². The van der Waals surface area contributed by atoms with E-state index < -0.39 is 23.8 Å². The van der Waals surface area contributed by atoms with Crippen LogP contribution in [0.15, 0.2) is 78.9 Å². The van der Waals surface area contributed by atoms with Gasteiger partial charge in [0, 0.05) is 11.3 Å². The van der Waals surface area contributed by atoms with Crippen molar-refractivity contribution in [1.82, 2.24) is 0 Å². The number of benzene rings is 3. The van der Waals surface area contributed by atoms with Crippen molar-refractivity contribution in [3.63, 3.8) is 0 Å². The first-order valence-corrected chi connectivity index (χ1v) is 9.02. The number of nitrogens with one attached hydrogen (secondary N) is 1. The summed E-state index contributed by atoms with van der Waals surface area (Å²) in [5.74, 6) is -1.08. The Kier molecular flexibility index (Phi) is 6.58. The van der Waals surface area contributed by atoms with Gasteiger partial charge in [0.05, 0.1) is 0 Å². The van der Waals surface area contributed by atoms with Crippen molar-refractivity contribution in [2.45, 2.75) is 13.0 Å². The van der Waals surface area contributed by atoms with Crippen LogP contribution in [0.5, 0.6) is 5.75 Å². The molecule has 0 saturated heterocycles. The zero-order valence-corrected chi connectivity index (χ0v) is 15.8. The number of aryl methyl sites for hydroxylation is 1. The van der Waals surface area contributed by atoms with Crippen molar-refractivity contribution in [3.8, 4) is 5.75 Å². The van der Waals surface area contributed by atoms with E-state index in [1.165, 1.54) is 24.3 Å². The van der Waals surface area contributed by atoms with Gasteiger partial charge in [0.25, 0.3) is 5.91 Å². The Hall–Kier alpha value is -3.67. The van der Waals surface area contributed by atoms with Crippen LogP contribution in [-0.2, 0) is 14.3 Å². The lowest BCUT2D eigenvalue weighted by atomic mass is 10.1. The van der Waals surface area contributed by atoms with Crippen LogP contribution in [-0.4, -0.2) is 18.5 Å². The Morgan fingerprint density at radius 3 is 2.28 bits per heavy atom. The molecule has 0 bridgehead atoms. The summed E-state index contributed by atoms with van der Waals surface area (Å²) in [6.07, 6.45) is -1.17. The predicted molar refractivity (Wildman–Crippen MR) is 107 cm³/mol. The minimum Gasteiger partial charge on any atom is -0.482 e. The second kappa shape index (κ2) is 9.50. The van der Waals surface area contributed by atoms with E-state index in [1.54, 1.807) is 42.5 Å². The summed E-state index contributed by atoms with van der Waals surface area (Å²) >= 11 is 0. The number of amides is 1. The number of carbonyl (C=O) groups excluding carboxylic acids is 2. The molecule has 148 valence electrons. The van der Waals surface area contributed by atoms with Gasteiger partial charge >= 0.3 is 5.97 Å². The quantitative estimate of drug-likeness (QED) is 0.603. The van der Waals surface area contributed by atoms with Gasteiger partial charge in [-0.15, -0.1) is 0 Å². The van der Waals surface area contributed by atoms with Gasteiger partial charge in [-0.05, 0) is 42.8 Å². The van der Waals surface area contributed by atoms with E-state index in [2.05, 4.69) is 5.32 Å². The fourth-order valence-corrected chi connectivity index (χ4v) is 2.66. The molecule has 0 aliphatic rings. The average molecular weight is 393 g/mol. The highest BCUT2D eigenvalue weighted by Gasteiger charge is 2.25. The number of anilines is 1. The van der Waals surface area contributed by atoms with Crippen LogP contribution < -0.4 is 10.1 Å². The predicted octanol–water partition coefficient (Wildman–Crippen LogP) is 4.44. The molecule has 1 amide bonds. The summed E-state index contributed by atoms with van der Waals surface area (Å²) in [4.78, 5) is 25.1. The first-order chi connectivity index (χ1) is 14.0. The van der Waals surface area contributed by atoms with Gasteiger partial charge in [0.15, 0.2) is 6.61 Å². The minimum atomic E-state index is -1.17. The molecule has 1 N–H and O–H groups in total. The maximum absolute atomic E-state index is 13.1. The average Bonchev–Trinajstić information content (AvgIpc) is 2.73. The summed E-state index contributed by atoms with van der Waals surface area (Å²) < 4.78 is 24.0.